The third-order valence-electron chi connectivity index (χ3n) is 3.11. The number of halogens is 1. The Bertz CT molecular complexity index is 421. The molecule has 1 spiro atoms. The van der Waals surface area contributed by atoms with Gasteiger partial charge in [-0.2, -0.15) is 0 Å². The number of rotatable bonds is 0. The molecule has 0 N–H and O–H groups in total. The number of Topliss-reactive ketones (excluding diaryl/α,β-unsaturated/α-hetero) is 1. The maximum atomic E-state index is 11.7. The van der Waals surface area contributed by atoms with Gasteiger partial charge < -0.3 is 4.74 Å². The second-order valence-corrected chi connectivity index (χ2v) is 4.98. The van der Waals surface area contributed by atoms with Gasteiger partial charge in [-0.05, 0) is 23.8 Å². The Kier molecular flexibility index (Phi) is 1.65. The monoisotopic (exact) mass is 252 g/mol. The predicted molar refractivity (Wildman–Crippen MR) is 55.6 cm³/mol. The topological polar surface area (TPSA) is 26.3 Å². The fourth-order valence-corrected chi connectivity index (χ4v) is 2.66. The molecule has 0 saturated carbocycles. The van der Waals surface area contributed by atoms with E-state index >= 15 is 0 Å². The molecule has 3 heteroatoms. The van der Waals surface area contributed by atoms with E-state index in [4.69, 9.17) is 4.74 Å². The molecule has 1 aliphatic heterocycles. The fourth-order valence-electron chi connectivity index (χ4n) is 2.30. The minimum absolute atomic E-state index is 0.0101. The van der Waals surface area contributed by atoms with E-state index in [0.29, 0.717) is 19.6 Å². The summed E-state index contributed by atoms with van der Waals surface area (Å²) >= 11 is 3.44. The van der Waals surface area contributed by atoms with Gasteiger partial charge in [-0.3, -0.25) is 4.79 Å². The molecule has 1 heterocycles. The number of fused-ring (bicyclic) bond motifs is 2. The smallest absolute Gasteiger partial charge is 0.164 e. The number of ether oxygens (including phenoxy) is 1. The van der Waals surface area contributed by atoms with Gasteiger partial charge >= 0.3 is 0 Å². The van der Waals surface area contributed by atoms with E-state index in [1.54, 1.807) is 0 Å². The molecular weight excluding hydrogens is 244 g/mol. The average molecular weight is 253 g/mol. The SMILES string of the molecule is O=C1CC2(COC2)c2cc(Br)ccc21. The summed E-state index contributed by atoms with van der Waals surface area (Å²) in [6.45, 7) is 1.39. The highest BCUT2D eigenvalue weighted by molar-refractivity contribution is 9.10. The van der Waals surface area contributed by atoms with Gasteiger partial charge in [0.1, 0.15) is 0 Å². The van der Waals surface area contributed by atoms with Gasteiger partial charge in [0, 0.05) is 16.5 Å². The van der Waals surface area contributed by atoms with Crippen LogP contribution in [0.2, 0.25) is 0 Å². The number of benzene rings is 1. The summed E-state index contributed by atoms with van der Waals surface area (Å²) in [7, 11) is 0. The van der Waals surface area contributed by atoms with E-state index in [-0.39, 0.29) is 11.2 Å². The Balaban J connectivity index is 2.20. The van der Waals surface area contributed by atoms with Crippen molar-refractivity contribution < 1.29 is 9.53 Å². The van der Waals surface area contributed by atoms with E-state index in [2.05, 4.69) is 22.0 Å². The van der Waals surface area contributed by atoms with Crippen molar-refractivity contribution in [3.63, 3.8) is 0 Å². The first-order valence-corrected chi connectivity index (χ1v) is 5.42. The van der Waals surface area contributed by atoms with Crippen molar-refractivity contribution in [3.05, 3.63) is 33.8 Å². The molecule has 0 radical (unpaired) electrons. The molecule has 2 nitrogen and oxygen atoms in total. The van der Waals surface area contributed by atoms with Crippen LogP contribution in [-0.2, 0) is 10.2 Å². The van der Waals surface area contributed by atoms with Crippen LogP contribution in [0.15, 0.2) is 22.7 Å². The van der Waals surface area contributed by atoms with E-state index in [0.717, 1.165) is 10.0 Å². The van der Waals surface area contributed by atoms with Crippen LogP contribution in [0.3, 0.4) is 0 Å². The third kappa shape index (κ3) is 0.969. The van der Waals surface area contributed by atoms with Gasteiger partial charge in [-0.25, -0.2) is 0 Å². The molecule has 14 heavy (non-hydrogen) atoms. The fraction of sp³-hybridized carbons (Fsp3) is 0.364. The van der Waals surface area contributed by atoms with Crippen LogP contribution in [0.25, 0.3) is 0 Å². The van der Waals surface area contributed by atoms with Gasteiger partial charge in [0.2, 0.25) is 0 Å². The lowest BCUT2D eigenvalue weighted by Crippen LogP contribution is -2.45. The second kappa shape index (κ2) is 2.67. The maximum Gasteiger partial charge on any atom is 0.164 e. The second-order valence-electron chi connectivity index (χ2n) is 4.06. The van der Waals surface area contributed by atoms with Crippen LogP contribution >= 0.6 is 15.9 Å². The van der Waals surface area contributed by atoms with Crippen molar-refractivity contribution in [1.29, 1.82) is 0 Å². The van der Waals surface area contributed by atoms with Gasteiger partial charge in [0.05, 0.1) is 18.6 Å². The Labute approximate surface area is 90.4 Å². The number of carbonyl (C=O) groups excluding carboxylic acids is 1. The minimum Gasteiger partial charge on any atom is -0.379 e. The van der Waals surface area contributed by atoms with Gasteiger partial charge in [0.25, 0.3) is 0 Å². The number of hydrogen-bond donors (Lipinski definition) is 0. The molecule has 0 bridgehead atoms. The molecule has 72 valence electrons. The summed E-state index contributed by atoms with van der Waals surface area (Å²) in [4.78, 5) is 11.7. The van der Waals surface area contributed by atoms with Gasteiger partial charge in [0.15, 0.2) is 5.78 Å². The van der Waals surface area contributed by atoms with Crippen LogP contribution in [0, 0.1) is 0 Å². The zero-order valence-corrected chi connectivity index (χ0v) is 9.13. The molecule has 1 saturated heterocycles. The highest BCUT2D eigenvalue weighted by atomic mass is 79.9. The standard InChI is InChI=1S/C11H9BrO2/c12-7-1-2-8-9(3-7)11(4-10(8)13)5-14-6-11/h1-3H,4-6H2. The molecular formula is C11H9BrO2. The maximum absolute atomic E-state index is 11.7. The average Bonchev–Trinajstić information content (AvgIpc) is 2.38. The molecule has 2 aliphatic rings. The Morgan fingerprint density at radius 3 is 2.79 bits per heavy atom. The van der Waals surface area contributed by atoms with Gasteiger partial charge in [-0.15, -0.1) is 0 Å². The van der Waals surface area contributed by atoms with Crippen molar-refractivity contribution in [2.24, 2.45) is 0 Å². The lowest BCUT2D eigenvalue weighted by molar-refractivity contribution is -0.0563. The Morgan fingerprint density at radius 1 is 1.36 bits per heavy atom. The largest absolute Gasteiger partial charge is 0.379 e. The quantitative estimate of drug-likeness (QED) is 0.709. The molecule has 1 aliphatic carbocycles. The van der Waals surface area contributed by atoms with E-state index in [1.165, 1.54) is 5.56 Å². The Morgan fingerprint density at radius 2 is 2.14 bits per heavy atom. The highest BCUT2D eigenvalue weighted by Crippen LogP contribution is 2.44. The minimum atomic E-state index is 0.0101. The number of carbonyl (C=O) groups is 1. The Hall–Kier alpha value is -0.670. The number of ketones is 1. The molecule has 0 amide bonds. The molecule has 0 aromatic heterocycles. The lowest BCUT2D eigenvalue weighted by Gasteiger charge is -2.38. The van der Waals surface area contributed by atoms with Crippen molar-refractivity contribution in [3.8, 4) is 0 Å². The zero-order chi connectivity index (χ0) is 9.76. The molecule has 1 aromatic carbocycles. The van der Waals surface area contributed by atoms with E-state index in [1.807, 2.05) is 12.1 Å². The first kappa shape index (κ1) is 8.62. The summed E-state index contributed by atoms with van der Waals surface area (Å²) in [5.74, 6) is 0.260. The highest BCUT2D eigenvalue weighted by Gasteiger charge is 2.48. The van der Waals surface area contributed by atoms with E-state index in [9.17, 15) is 4.79 Å². The van der Waals surface area contributed by atoms with Crippen molar-refractivity contribution in [2.45, 2.75) is 11.8 Å². The van der Waals surface area contributed by atoms with Crippen molar-refractivity contribution >= 4 is 21.7 Å². The van der Waals surface area contributed by atoms with Crippen LogP contribution in [-0.4, -0.2) is 19.0 Å². The van der Waals surface area contributed by atoms with Crippen LogP contribution in [0.4, 0.5) is 0 Å². The first-order valence-electron chi connectivity index (χ1n) is 4.62. The van der Waals surface area contributed by atoms with Crippen LogP contribution in [0.5, 0.6) is 0 Å². The van der Waals surface area contributed by atoms with Crippen molar-refractivity contribution in [2.75, 3.05) is 13.2 Å². The molecule has 0 unspecified atom stereocenters. The molecule has 1 fully saturated rings. The molecule has 3 rings (SSSR count). The first-order chi connectivity index (χ1) is 6.71. The third-order valence-corrected chi connectivity index (χ3v) is 3.60. The summed E-state index contributed by atoms with van der Waals surface area (Å²) in [5.41, 5.74) is 2.07. The summed E-state index contributed by atoms with van der Waals surface area (Å²) < 4.78 is 6.28. The lowest BCUT2D eigenvalue weighted by atomic mass is 9.80. The molecule has 1 aromatic rings. The summed E-state index contributed by atoms with van der Waals surface area (Å²) in [6.07, 6.45) is 0.624. The van der Waals surface area contributed by atoms with Crippen molar-refractivity contribution in [1.82, 2.24) is 0 Å². The zero-order valence-electron chi connectivity index (χ0n) is 7.55. The van der Waals surface area contributed by atoms with Crippen LogP contribution in [0.1, 0.15) is 22.3 Å². The summed E-state index contributed by atoms with van der Waals surface area (Å²) in [5, 5.41) is 0. The normalized spacial score (nSPS) is 22.2. The summed E-state index contributed by atoms with van der Waals surface area (Å²) in [6, 6.07) is 5.90. The van der Waals surface area contributed by atoms with E-state index < -0.39 is 0 Å². The predicted octanol–water partition coefficient (Wildman–Crippen LogP) is 2.30. The van der Waals surface area contributed by atoms with Crippen LogP contribution < -0.4 is 0 Å². The van der Waals surface area contributed by atoms with Gasteiger partial charge in [-0.1, -0.05) is 15.9 Å². The number of hydrogen-bond acceptors (Lipinski definition) is 2. The molecule has 0 atom stereocenters.